The Labute approximate surface area is 105 Å². The highest BCUT2D eigenvalue weighted by Gasteiger charge is 2.37. The van der Waals surface area contributed by atoms with E-state index in [0.717, 1.165) is 0 Å². The standard InChI is InChI=1S/C10H16N2O6/c1-15-9(11-7-13,12-8-14)5-6-10(16-2,17-3)18-4/h5-6H2,1-4H3. The second-order valence-electron chi connectivity index (χ2n) is 3.15. The highest BCUT2D eigenvalue weighted by molar-refractivity contribution is 5.38. The predicted molar refractivity (Wildman–Crippen MR) is 59.0 cm³/mol. The van der Waals surface area contributed by atoms with Crippen LogP contribution in [0.5, 0.6) is 0 Å². The second-order valence-corrected chi connectivity index (χ2v) is 3.15. The summed E-state index contributed by atoms with van der Waals surface area (Å²) in [5, 5.41) is 0. The largest absolute Gasteiger partial charge is 0.338 e. The number of carbonyl (C=O) groups excluding carboxylic acids is 2. The zero-order valence-corrected chi connectivity index (χ0v) is 10.8. The topological polar surface area (TPSA) is 95.8 Å². The summed E-state index contributed by atoms with van der Waals surface area (Å²) in [5.41, 5.74) is 0. The van der Waals surface area contributed by atoms with Gasteiger partial charge >= 0.3 is 0 Å². The van der Waals surface area contributed by atoms with Gasteiger partial charge in [-0.15, -0.1) is 9.98 Å². The number of aliphatic imine (C=N–C) groups is 2. The first kappa shape index (κ1) is 16.6. The Morgan fingerprint density at radius 3 is 1.56 bits per heavy atom. The first-order valence-electron chi connectivity index (χ1n) is 4.96. The first-order chi connectivity index (χ1) is 8.57. The highest BCUT2D eigenvalue weighted by atomic mass is 16.9. The van der Waals surface area contributed by atoms with E-state index in [2.05, 4.69) is 9.98 Å². The second kappa shape index (κ2) is 7.84. The van der Waals surface area contributed by atoms with Crippen molar-refractivity contribution >= 4 is 12.2 Å². The third kappa shape index (κ3) is 4.12. The summed E-state index contributed by atoms with van der Waals surface area (Å²) in [4.78, 5) is 27.4. The molecule has 0 spiro atoms. The van der Waals surface area contributed by atoms with Gasteiger partial charge < -0.3 is 18.9 Å². The van der Waals surface area contributed by atoms with Crippen LogP contribution < -0.4 is 0 Å². The lowest BCUT2D eigenvalue weighted by atomic mass is 10.2. The van der Waals surface area contributed by atoms with Crippen LogP contribution >= 0.6 is 0 Å². The molecule has 8 nitrogen and oxygen atoms in total. The Balaban J connectivity index is 5.00. The van der Waals surface area contributed by atoms with E-state index in [1.54, 1.807) is 0 Å². The van der Waals surface area contributed by atoms with Gasteiger partial charge in [0.1, 0.15) is 0 Å². The maximum atomic E-state index is 10.3. The molecule has 0 bridgehead atoms. The van der Waals surface area contributed by atoms with Crippen LogP contribution in [0.2, 0.25) is 0 Å². The molecule has 0 unspecified atom stereocenters. The van der Waals surface area contributed by atoms with E-state index in [1.165, 1.54) is 40.6 Å². The van der Waals surface area contributed by atoms with Gasteiger partial charge in [-0.25, -0.2) is 9.59 Å². The number of nitrogens with zero attached hydrogens (tertiary/aromatic N) is 2. The van der Waals surface area contributed by atoms with Crippen LogP contribution in [0.4, 0.5) is 0 Å². The van der Waals surface area contributed by atoms with Crippen molar-refractivity contribution < 1.29 is 28.5 Å². The van der Waals surface area contributed by atoms with E-state index in [1.807, 2.05) is 0 Å². The number of rotatable bonds is 9. The van der Waals surface area contributed by atoms with Crippen LogP contribution in [0.25, 0.3) is 0 Å². The molecule has 0 aromatic heterocycles. The summed E-state index contributed by atoms with van der Waals surface area (Å²) >= 11 is 0. The van der Waals surface area contributed by atoms with Crippen LogP contribution in [-0.2, 0) is 28.5 Å². The van der Waals surface area contributed by atoms with Gasteiger partial charge in [0, 0.05) is 41.3 Å². The highest BCUT2D eigenvalue weighted by Crippen LogP contribution is 2.27. The average Bonchev–Trinajstić information content (AvgIpc) is 2.41. The first-order valence-corrected chi connectivity index (χ1v) is 4.96. The summed E-state index contributed by atoms with van der Waals surface area (Å²) in [6, 6.07) is 0. The van der Waals surface area contributed by atoms with Gasteiger partial charge in [0.2, 0.25) is 12.2 Å². The van der Waals surface area contributed by atoms with Crippen molar-refractivity contribution in [3.8, 4) is 0 Å². The molecule has 0 saturated heterocycles. The molecule has 0 aliphatic carbocycles. The lowest BCUT2D eigenvalue weighted by Crippen LogP contribution is -2.39. The minimum absolute atomic E-state index is 0.00347. The molecule has 0 saturated carbocycles. The Kier molecular flexibility index (Phi) is 7.23. The molecule has 102 valence electrons. The Morgan fingerprint density at radius 2 is 1.28 bits per heavy atom. The summed E-state index contributed by atoms with van der Waals surface area (Å²) in [7, 11) is 5.39. The lowest BCUT2D eigenvalue weighted by Gasteiger charge is -2.31. The van der Waals surface area contributed by atoms with E-state index in [0.29, 0.717) is 0 Å². The SMILES string of the molecule is COC(CCC(OC)(OC)OC)(N=C=O)N=C=O. The van der Waals surface area contributed by atoms with Gasteiger partial charge in [-0.3, -0.25) is 0 Å². The maximum absolute atomic E-state index is 10.3. The molecule has 0 aromatic rings. The molecule has 0 aliphatic heterocycles. The lowest BCUT2D eigenvalue weighted by molar-refractivity contribution is -0.357. The van der Waals surface area contributed by atoms with E-state index < -0.39 is 11.8 Å². The van der Waals surface area contributed by atoms with Crippen molar-refractivity contribution in [2.45, 2.75) is 24.7 Å². The Hall–Kier alpha value is -1.40. The van der Waals surface area contributed by atoms with Crippen LogP contribution in [0.3, 0.4) is 0 Å². The van der Waals surface area contributed by atoms with Crippen LogP contribution in [-0.4, -0.2) is 52.4 Å². The Bertz CT molecular complexity index is 316. The molecule has 8 heteroatoms. The minimum Gasteiger partial charge on any atom is -0.338 e. The van der Waals surface area contributed by atoms with Crippen molar-refractivity contribution in [1.82, 2.24) is 0 Å². The van der Waals surface area contributed by atoms with E-state index in [4.69, 9.17) is 18.9 Å². The maximum Gasteiger partial charge on any atom is 0.282 e. The molecule has 0 heterocycles. The predicted octanol–water partition coefficient (Wildman–Crippen LogP) is 0.331. The molecular weight excluding hydrogens is 244 g/mol. The van der Waals surface area contributed by atoms with Gasteiger partial charge in [0.05, 0.1) is 0 Å². The Morgan fingerprint density at radius 1 is 0.833 bits per heavy atom. The summed E-state index contributed by atoms with van der Waals surface area (Å²) in [5.74, 6) is -3.02. The molecule has 0 radical (unpaired) electrons. The third-order valence-corrected chi connectivity index (χ3v) is 2.46. The monoisotopic (exact) mass is 260 g/mol. The molecule has 0 N–H and O–H groups in total. The molecule has 0 aromatic carbocycles. The summed E-state index contributed by atoms with van der Waals surface area (Å²) < 4.78 is 20.1. The van der Waals surface area contributed by atoms with Crippen LogP contribution in [0, 0.1) is 0 Å². The fourth-order valence-electron chi connectivity index (χ4n) is 1.34. The zero-order valence-electron chi connectivity index (χ0n) is 10.8. The normalized spacial score (nSPS) is 14.2. The van der Waals surface area contributed by atoms with Gasteiger partial charge in [0.15, 0.2) is 0 Å². The van der Waals surface area contributed by atoms with E-state index in [9.17, 15) is 9.59 Å². The van der Waals surface area contributed by atoms with E-state index >= 15 is 0 Å². The molecule has 0 fully saturated rings. The van der Waals surface area contributed by atoms with Gasteiger partial charge in [-0.1, -0.05) is 0 Å². The van der Waals surface area contributed by atoms with Crippen molar-refractivity contribution in [2.24, 2.45) is 9.98 Å². The van der Waals surface area contributed by atoms with Gasteiger partial charge in [0.25, 0.3) is 11.8 Å². The van der Waals surface area contributed by atoms with Crippen LogP contribution in [0.15, 0.2) is 9.98 Å². The van der Waals surface area contributed by atoms with Crippen molar-refractivity contribution in [2.75, 3.05) is 28.4 Å². The molecule has 0 atom stereocenters. The van der Waals surface area contributed by atoms with Gasteiger partial charge in [-0.2, -0.15) is 0 Å². The molecule has 0 aliphatic rings. The van der Waals surface area contributed by atoms with Crippen molar-refractivity contribution in [1.29, 1.82) is 0 Å². The molecule has 0 rings (SSSR count). The average molecular weight is 260 g/mol. The number of methoxy groups -OCH3 is 4. The number of isocyanates is 2. The summed E-state index contributed by atoms with van der Waals surface area (Å²) in [6.07, 6.45) is 2.69. The zero-order chi connectivity index (χ0) is 14.1. The summed E-state index contributed by atoms with van der Waals surface area (Å²) in [6.45, 7) is 0. The quantitative estimate of drug-likeness (QED) is 0.337. The fourth-order valence-corrected chi connectivity index (χ4v) is 1.34. The van der Waals surface area contributed by atoms with Crippen molar-refractivity contribution in [3.05, 3.63) is 0 Å². The van der Waals surface area contributed by atoms with Crippen LogP contribution in [0.1, 0.15) is 12.8 Å². The minimum atomic E-state index is -1.69. The third-order valence-electron chi connectivity index (χ3n) is 2.46. The number of ether oxygens (including phenoxy) is 4. The molecule has 0 amide bonds. The molecule has 18 heavy (non-hydrogen) atoms. The van der Waals surface area contributed by atoms with E-state index in [-0.39, 0.29) is 12.8 Å². The smallest absolute Gasteiger partial charge is 0.282 e. The number of hydrogen-bond acceptors (Lipinski definition) is 8. The van der Waals surface area contributed by atoms with Gasteiger partial charge in [-0.05, 0) is 0 Å². The van der Waals surface area contributed by atoms with Crippen molar-refractivity contribution in [3.63, 3.8) is 0 Å². The fraction of sp³-hybridized carbons (Fsp3) is 0.800. The number of hydrogen-bond donors (Lipinski definition) is 0. The molecular formula is C10H16N2O6.